The van der Waals surface area contributed by atoms with Gasteiger partial charge in [0.25, 0.3) is 0 Å². The summed E-state index contributed by atoms with van der Waals surface area (Å²) in [5.41, 5.74) is 0.536. The van der Waals surface area contributed by atoms with Crippen molar-refractivity contribution in [2.24, 2.45) is 0 Å². The van der Waals surface area contributed by atoms with Gasteiger partial charge in [-0.05, 0) is 51.3 Å². The van der Waals surface area contributed by atoms with Gasteiger partial charge in [-0.15, -0.1) is 0 Å². The zero-order valence-corrected chi connectivity index (χ0v) is 20.1. The zero-order chi connectivity index (χ0) is 24.1. The maximum atomic E-state index is 13.6. The molecule has 2 aromatic rings. The third-order valence-corrected chi connectivity index (χ3v) is 5.96. The van der Waals surface area contributed by atoms with Crippen LogP contribution in [0.2, 0.25) is 0 Å². The van der Waals surface area contributed by atoms with Gasteiger partial charge in [-0.1, -0.05) is 30.3 Å². The monoisotopic (exact) mass is 454 g/mol. The van der Waals surface area contributed by atoms with E-state index in [1.807, 2.05) is 63.2 Å². The normalized spacial score (nSPS) is 15.5. The Morgan fingerprint density at radius 3 is 2.24 bits per heavy atom. The number of benzene rings is 2. The van der Waals surface area contributed by atoms with Crippen LogP contribution in [0.1, 0.15) is 44.7 Å². The van der Waals surface area contributed by atoms with Crippen LogP contribution in [0.3, 0.4) is 0 Å². The van der Waals surface area contributed by atoms with Crippen LogP contribution in [-0.4, -0.2) is 49.8 Å². The highest BCUT2D eigenvalue weighted by Gasteiger charge is 2.44. The van der Waals surface area contributed by atoms with Gasteiger partial charge in [0.2, 0.25) is 5.91 Å². The Balaban J connectivity index is 1.77. The van der Waals surface area contributed by atoms with Crippen molar-refractivity contribution >= 4 is 12.0 Å². The molecule has 1 aliphatic rings. The van der Waals surface area contributed by atoms with Crippen LogP contribution in [0.5, 0.6) is 11.5 Å². The number of amides is 2. The molecule has 1 heterocycles. The lowest BCUT2D eigenvalue weighted by Gasteiger charge is -2.41. The van der Waals surface area contributed by atoms with Crippen LogP contribution in [0, 0.1) is 0 Å². The fourth-order valence-corrected chi connectivity index (χ4v) is 4.14. The van der Waals surface area contributed by atoms with E-state index in [2.05, 4.69) is 5.32 Å². The molecule has 1 N–H and O–H groups in total. The smallest absolute Gasteiger partial charge is 0.410 e. The predicted octanol–water partition coefficient (Wildman–Crippen LogP) is 4.29. The van der Waals surface area contributed by atoms with Crippen molar-refractivity contribution < 1.29 is 23.8 Å². The molecule has 0 unspecified atom stereocenters. The summed E-state index contributed by atoms with van der Waals surface area (Å²) in [5.74, 6) is 1.29. The lowest BCUT2D eigenvalue weighted by atomic mass is 9.72. The van der Waals surface area contributed by atoms with Crippen molar-refractivity contribution in [3.05, 3.63) is 59.7 Å². The molecule has 0 saturated carbocycles. The fourth-order valence-electron chi connectivity index (χ4n) is 4.14. The highest BCUT2D eigenvalue weighted by atomic mass is 16.6. The first kappa shape index (κ1) is 24.4. The average Bonchev–Trinajstić information content (AvgIpc) is 2.81. The van der Waals surface area contributed by atoms with Crippen LogP contribution in [0.15, 0.2) is 48.5 Å². The Morgan fingerprint density at radius 1 is 1.00 bits per heavy atom. The van der Waals surface area contributed by atoms with Crippen molar-refractivity contribution in [3.8, 4) is 11.5 Å². The summed E-state index contributed by atoms with van der Waals surface area (Å²) in [6.45, 7) is 6.78. The van der Waals surface area contributed by atoms with Gasteiger partial charge < -0.3 is 24.4 Å². The number of hydrogen-bond acceptors (Lipinski definition) is 5. The number of rotatable bonds is 6. The van der Waals surface area contributed by atoms with Gasteiger partial charge in [0.05, 0.1) is 19.6 Å². The van der Waals surface area contributed by atoms with Crippen LogP contribution >= 0.6 is 0 Å². The Morgan fingerprint density at radius 2 is 1.67 bits per heavy atom. The molecule has 1 aliphatic heterocycles. The average molecular weight is 455 g/mol. The predicted molar refractivity (Wildman–Crippen MR) is 127 cm³/mol. The first-order chi connectivity index (χ1) is 15.7. The van der Waals surface area contributed by atoms with Crippen molar-refractivity contribution in [3.63, 3.8) is 0 Å². The minimum absolute atomic E-state index is 0.0598. The highest BCUT2D eigenvalue weighted by Crippen LogP contribution is 2.36. The van der Waals surface area contributed by atoms with Gasteiger partial charge in [-0.3, -0.25) is 4.79 Å². The highest BCUT2D eigenvalue weighted by molar-refractivity contribution is 5.88. The molecule has 2 aromatic carbocycles. The summed E-state index contributed by atoms with van der Waals surface area (Å²) in [7, 11) is 3.20. The number of ether oxygens (including phenoxy) is 3. The molecule has 178 valence electrons. The van der Waals surface area contributed by atoms with Gasteiger partial charge in [0, 0.05) is 31.3 Å². The number of nitrogens with one attached hydrogen (secondary N) is 1. The molecule has 0 radical (unpaired) electrons. The molecule has 7 nitrogen and oxygen atoms in total. The van der Waals surface area contributed by atoms with E-state index in [1.54, 1.807) is 25.2 Å². The molecule has 0 aliphatic carbocycles. The minimum Gasteiger partial charge on any atom is -0.497 e. The number of carbonyl (C=O) groups is 2. The zero-order valence-electron chi connectivity index (χ0n) is 20.1. The van der Waals surface area contributed by atoms with E-state index < -0.39 is 11.0 Å². The first-order valence-corrected chi connectivity index (χ1v) is 11.2. The fraction of sp³-hybridized carbons (Fsp3) is 0.462. The first-order valence-electron chi connectivity index (χ1n) is 11.2. The third-order valence-electron chi connectivity index (χ3n) is 5.96. The number of methoxy groups -OCH3 is 2. The summed E-state index contributed by atoms with van der Waals surface area (Å²) in [6, 6.07) is 15.3. The topological polar surface area (TPSA) is 77.1 Å². The lowest BCUT2D eigenvalue weighted by molar-refractivity contribution is -0.129. The standard InChI is InChI=1S/C26H34N2O5/c1-25(2,3)33-24(30)28-15-13-26(14-16-28,20-9-7-6-8-10-20)23(29)27-18-19-11-12-21(31-4)17-22(19)32-5/h6-12,17H,13-16,18H2,1-5H3,(H,27,29). The number of likely N-dealkylation sites (tertiary alicyclic amines) is 1. The number of piperidine rings is 1. The van der Waals surface area contributed by atoms with Crippen molar-refractivity contribution in [1.82, 2.24) is 10.2 Å². The Hall–Kier alpha value is -3.22. The molecule has 0 spiro atoms. The van der Waals surface area contributed by atoms with Gasteiger partial charge in [0.1, 0.15) is 17.1 Å². The van der Waals surface area contributed by atoms with Gasteiger partial charge in [-0.25, -0.2) is 4.79 Å². The summed E-state index contributed by atoms with van der Waals surface area (Å²) in [6.07, 6.45) is 0.691. The van der Waals surface area contributed by atoms with Gasteiger partial charge in [-0.2, -0.15) is 0 Å². The van der Waals surface area contributed by atoms with Crippen LogP contribution < -0.4 is 14.8 Å². The maximum absolute atomic E-state index is 13.6. The molecule has 0 bridgehead atoms. The molecule has 0 atom stereocenters. The molecular formula is C26H34N2O5. The van der Waals surface area contributed by atoms with Crippen LogP contribution in [0.4, 0.5) is 4.79 Å². The second kappa shape index (κ2) is 10.1. The van der Waals surface area contributed by atoms with Crippen molar-refractivity contribution in [2.45, 2.75) is 51.2 Å². The molecule has 33 heavy (non-hydrogen) atoms. The van der Waals surface area contributed by atoms with Crippen LogP contribution in [-0.2, 0) is 21.5 Å². The number of carbonyl (C=O) groups excluding carboxylic acids is 2. The van der Waals surface area contributed by atoms with Crippen molar-refractivity contribution in [1.29, 1.82) is 0 Å². The summed E-state index contributed by atoms with van der Waals surface area (Å²) >= 11 is 0. The lowest BCUT2D eigenvalue weighted by Crippen LogP contribution is -2.53. The summed E-state index contributed by atoms with van der Waals surface area (Å²) < 4.78 is 16.2. The second-order valence-corrected chi connectivity index (χ2v) is 9.28. The van der Waals surface area contributed by atoms with Gasteiger partial charge in [0.15, 0.2) is 0 Å². The Bertz CT molecular complexity index is 960. The molecule has 2 amide bonds. The molecule has 1 fully saturated rings. The SMILES string of the molecule is COc1ccc(CNC(=O)C2(c3ccccc3)CCN(C(=O)OC(C)(C)C)CC2)c(OC)c1. The Kier molecular flexibility index (Phi) is 7.51. The van der Waals surface area contributed by atoms with Crippen molar-refractivity contribution in [2.75, 3.05) is 27.3 Å². The van der Waals surface area contributed by atoms with Crippen LogP contribution in [0.25, 0.3) is 0 Å². The molecule has 7 heteroatoms. The Labute approximate surface area is 196 Å². The molecular weight excluding hydrogens is 420 g/mol. The molecule has 3 rings (SSSR count). The summed E-state index contributed by atoms with van der Waals surface area (Å²) in [4.78, 5) is 27.8. The van der Waals surface area contributed by atoms with E-state index in [4.69, 9.17) is 14.2 Å². The van der Waals surface area contributed by atoms with E-state index in [0.717, 1.165) is 11.1 Å². The van der Waals surface area contributed by atoms with E-state index in [0.29, 0.717) is 44.0 Å². The van der Waals surface area contributed by atoms with Gasteiger partial charge >= 0.3 is 6.09 Å². The number of nitrogens with zero attached hydrogens (tertiary/aromatic N) is 1. The largest absolute Gasteiger partial charge is 0.497 e. The maximum Gasteiger partial charge on any atom is 0.410 e. The number of hydrogen-bond donors (Lipinski definition) is 1. The van der Waals surface area contributed by atoms with E-state index in [1.165, 1.54) is 0 Å². The van der Waals surface area contributed by atoms with E-state index in [-0.39, 0.29) is 12.0 Å². The quantitative estimate of drug-likeness (QED) is 0.705. The van der Waals surface area contributed by atoms with E-state index >= 15 is 0 Å². The molecule has 1 saturated heterocycles. The molecule has 0 aromatic heterocycles. The van der Waals surface area contributed by atoms with E-state index in [9.17, 15) is 9.59 Å². The minimum atomic E-state index is -0.723. The third kappa shape index (κ3) is 5.78. The second-order valence-electron chi connectivity index (χ2n) is 9.28. The summed E-state index contributed by atoms with van der Waals surface area (Å²) in [5, 5.41) is 3.11.